The SMILES string of the molecule is CC(C)c1cccc(C(C)C)c1NC(=O)Cn1cnc([N+](=O)[O-])c1. The van der Waals surface area contributed by atoms with Crippen LogP contribution in [-0.4, -0.2) is 20.4 Å². The van der Waals surface area contributed by atoms with Gasteiger partial charge in [-0.25, -0.2) is 0 Å². The third kappa shape index (κ3) is 3.98. The Morgan fingerprint density at radius 2 is 1.83 bits per heavy atom. The van der Waals surface area contributed by atoms with Crippen molar-refractivity contribution >= 4 is 17.4 Å². The molecule has 7 nitrogen and oxygen atoms in total. The third-order valence-corrected chi connectivity index (χ3v) is 3.77. The second kappa shape index (κ2) is 7.25. The molecule has 0 saturated heterocycles. The number of anilines is 1. The highest BCUT2D eigenvalue weighted by Gasteiger charge is 2.17. The van der Waals surface area contributed by atoms with Crippen LogP contribution in [0.5, 0.6) is 0 Å². The van der Waals surface area contributed by atoms with Gasteiger partial charge in [-0.2, -0.15) is 0 Å². The Morgan fingerprint density at radius 1 is 1.25 bits per heavy atom. The smallest absolute Gasteiger partial charge is 0.358 e. The molecule has 7 heteroatoms. The van der Waals surface area contributed by atoms with Gasteiger partial charge in [0.2, 0.25) is 12.2 Å². The molecule has 2 rings (SSSR count). The lowest BCUT2D eigenvalue weighted by Crippen LogP contribution is -2.20. The summed E-state index contributed by atoms with van der Waals surface area (Å²) in [6.45, 7) is 8.29. The van der Waals surface area contributed by atoms with Crippen LogP contribution in [0.2, 0.25) is 0 Å². The van der Waals surface area contributed by atoms with E-state index in [0.717, 1.165) is 16.8 Å². The van der Waals surface area contributed by atoms with E-state index in [-0.39, 0.29) is 30.1 Å². The molecule has 0 spiro atoms. The number of nitrogens with one attached hydrogen (secondary N) is 1. The zero-order chi connectivity index (χ0) is 17.9. The Labute approximate surface area is 140 Å². The highest BCUT2D eigenvalue weighted by atomic mass is 16.6. The summed E-state index contributed by atoms with van der Waals surface area (Å²) >= 11 is 0. The molecule has 0 saturated carbocycles. The summed E-state index contributed by atoms with van der Waals surface area (Å²) in [5, 5.41) is 13.6. The fourth-order valence-electron chi connectivity index (χ4n) is 2.57. The molecule has 1 amide bonds. The van der Waals surface area contributed by atoms with Crippen LogP contribution in [0.15, 0.2) is 30.7 Å². The Bertz CT molecular complexity index is 724. The Kier molecular flexibility index (Phi) is 5.33. The van der Waals surface area contributed by atoms with E-state index in [2.05, 4.69) is 38.0 Å². The molecule has 0 bridgehead atoms. The van der Waals surface area contributed by atoms with E-state index in [1.807, 2.05) is 18.2 Å². The van der Waals surface area contributed by atoms with E-state index in [4.69, 9.17) is 0 Å². The maximum absolute atomic E-state index is 12.4. The van der Waals surface area contributed by atoms with Crippen LogP contribution < -0.4 is 5.32 Å². The number of aromatic nitrogens is 2. The summed E-state index contributed by atoms with van der Waals surface area (Å²) < 4.78 is 1.40. The molecule has 0 aliphatic rings. The number of benzene rings is 1. The van der Waals surface area contributed by atoms with Crippen molar-refractivity contribution in [2.24, 2.45) is 0 Å². The van der Waals surface area contributed by atoms with E-state index in [1.165, 1.54) is 17.1 Å². The minimum atomic E-state index is -0.584. The maximum atomic E-state index is 12.4. The average molecular weight is 330 g/mol. The molecule has 1 heterocycles. The van der Waals surface area contributed by atoms with Gasteiger partial charge in [-0.05, 0) is 32.9 Å². The molecule has 0 atom stereocenters. The van der Waals surface area contributed by atoms with Crippen LogP contribution >= 0.6 is 0 Å². The van der Waals surface area contributed by atoms with E-state index < -0.39 is 4.92 Å². The molecular weight excluding hydrogens is 308 g/mol. The first kappa shape index (κ1) is 17.7. The summed E-state index contributed by atoms with van der Waals surface area (Å²) in [7, 11) is 0. The lowest BCUT2D eigenvalue weighted by atomic mass is 9.92. The van der Waals surface area contributed by atoms with Gasteiger partial charge in [0, 0.05) is 5.69 Å². The number of hydrogen-bond acceptors (Lipinski definition) is 4. The van der Waals surface area contributed by atoms with Crippen molar-refractivity contribution in [1.82, 2.24) is 9.55 Å². The van der Waals surface area contributed by atoms with E-state index in [9.17, 15) is 14.9 Å². The van der Waals surface area contributed by atoms with Gasteiger partial charge < -0.3 is 20.0 Å². The van der Waals surface area contributed by atoms with Crippen molar-refractivity contribution in [2.75, 3.05) is 5.32 Å². The lowest BCUT2D eigenvalue weighted by molar-refractivity contribution is -0.389. The summed E-state index contributed by atoms with van der Waals surface area (Å²) in [6, 6.07) is 6.02. The minimum Gasteiger partial charge on any atom is -0.358 e. The molecule has 1 aromatic carbocycles. The number of para-hydroxylation sites is 1. The van der Waals surface area contributed by atoms with Crippen molar-refractivity contribution in [3.8, 4) is 0 Å². The van der Waals surface area contributed by atoms with Crippen molar-refractivity contribution in [3.63, 3.8) is 0 Å². The summed E-state index contributed by atoms with van der Waals surface area (Å²) in [5.41, 5.74) is 2.99. The van der Waals surface area contributed by atoms with Crippen LogP contribution in [0.4, 0.5) is 11.5 Å². The van der Waals surface area contributed by atoms with Gasteiger partial charge >= 0.3 is 5.82 Å². The van der Waals surface area contributed by atoms with E-state index in [1.54, 1.807) is 0 Å². The predicted molar refractivity (Wildman–Crippen MR) is 92.1 cm³/mol. The number of nitrogens with zero attached hydrogens (tertiary/aromatic N) is 3. The third-order valence-electron chi connectivity index (χ3n) is 3.77. The lowest BCUT2D eigenvalue weighted by Gasteiger charge is -2.20. The first-order valence-electron chi connectivity index (χ1n) is 7.88. The summed E-state index contributed by atoms with van der Waals surface area (Å²) in [5.74, 6) is 0.0345. The number of imidazole rings is 1. The van der Waals surface area contributed by atoms with Crippen molar-refractivity contribution in [1.29, 1.82) is 0 Å². The number of rotatable bonds is 6. The van der Waals surface area contributed by atoms with Crippen molar-refractivity contribution < 1.29 is 9.72 Å². The van der Waals surface area contributed by atoms with Gasteiger partial charge in [0.1, 0.15) is 12.7 Å². The number of nitro groups is 1. The van der Waals surface area contributed by atoms with Crippen molar-refractivity contribution in [2.45, 2.75) is 46.1 Å². The number of amides is 1. The van der Waals surface area contributed by atoms with Crippen LogP contribution in [0, 0.1) is 10.1 Å². The monoisotopic (exact) mass is 330 g/mol. The maximum Gasteiger partial charge on any atom is 0.381 e. The topological polar surface area (TPSA) is 90.1 Å². The standard InChI is InChI=1S/C17H22N4O3/c1-11(2)13-6-5-7-14(12(3)4)17(13)19-16(22)9-20-8-15(18-10-20)21(23)24/h5-8,10-12H,9H2,1-4H3,(H,19,22). The summed E-state index contributed by atoms with van der Waals surface area (Å²) in [4.78, 5) is 26.1. The molecule has 0 unspecified atom stereocenters. The summed E-state index contributed by atoms with van der Waals surface area (Å²) in [6.07, 6.45) is 2.53. The van der Waals surface area contributed by atoms with Crippen LogP contribution in [0.1, 0.15) is 50.7 Å². The Morgan fingerprint density at radius 3 is 2.29 bits per heavy atom. The first-order chi connectivity index (χ1) is 11.3. The molecule has 2 aromatic rings. The second-order valence-corrected chi connectivity index (χ2v) is 6.33. The molecule has 0 radical (unpaired) electrons. The van der Waals surface area contributed by atoms with Gasteiger partial charge in [0.15, 0.2) is 0 Å². The number of hydrogen-bond donors (Lipinski definition) is 1. The van der Waals surface area contributed by atoms with Gasteiger partial charge in [-0.1, -0.05) is 45.9 Å². The molecule has 128 valence electrons. The largest absolute Gasteiger partial charge is 0.381 e. The highest BCUT2D eigenvalue weighted by molar-refractivity contribution is 5.92. The fourth-order valence-corrected chi connectivity index (χ4v) is 2.57. The molecule has 0 fully saturated rings. The normalized spacial score (nSPS) is 11.1. The molecular formula is C17H22N4O3. The van der Waals surface area contributed by atoms with Crippen LogP contribution in [0.3, 0.4) is 0 Å². The quantitative estimate of drug-likeness (QED) is 0.646. The van der Waals surface area contributed by atoms with Crippen molar-refractivity contribution in [3.05, 3.63) is 52.0 Å². The van der Waals surface area contributed by atoms with Crippen LogP contribution in [-0.2, 0) is 11.3 Å². The zero-order valence-electron chi connectivity index (χ0n) is 14.3. The first-order valence-corrected chi connectivity index (χ1v) is 7.88. The predicted octanol–water partition coefficient (Wildman–Crippen LogP) is 3.68. The fraction of sp³-hybridized carbons (Fsp3) is 0.412. The molecule has 1 aromatic heterocycles. The van der Waals surface area contributed by atoms with Gasteiger partial charge in [-0.15, -0.1) is 0 Å². The molecule has 0 aliphatic heterocycles. The van der Waals surface area contributed by atoms with E-state index in [0.29, 0.717) is 0 Å². The second-order valence-electron chi connectivity index (χ2n) is 6.33. The zero-order valence-corrected chi connectivity index (χ0v) is 14.3. The molecule has 24 heavy (non-hydrogen) atoms. The highest BCUT2D eigenvalue weighted by Crippen LogP contribution is 2.32. The Hall–Kier alpha value is -2.70. The van der Waals surface area contributed by atoms with E-state index >= 15 is 0 Å². The number of carbonyl (C=O) groups is 1. The van der Waals surface area contributed by atoms with Gasteiger partial charge in [0.25, 0.3) is 0 Å². The van der Waals surface area contributed by atoms with Gasteiger partial charge in [-0.3, -0.25) is 4.79 Å². The molecule has 1 N–H and O–H groups in total. The van der Waals surface area contributed by atoms with Crippen LogP contribution in [0.25, 0.3) is 0 Å². The average Bonchev–Trinajstić information content (AvgIpc) is 2.95. The number of carbonyl (C=O) groups excluding carboxylic acids is 1. The molecule has 0 aliphatic carbocycles. The minimum absolute atomic E-state index is 0.0230. The Balaban J connectivity index is 2.22. The van der Waals surface area contributed by atoms with Gasteiger partial charge in [0.05, 0.1) is 0 Å².